The zero-order chi connectivity index (χ0) is 17.7. The summed E-state index contributed by atoms with van der Waals surface area (Å²) in [6, 6.07) is 9.52. The molecule has 2 heterocycles. The van der Waals surface area contributed by atoms with Crippen LogP contribution in [0.25, 0.3) is 0 Å². The Morgan fingerprint density at radius 2 is 1.96 bits per heavy atom. The first-order valence-electron chi connectivity index (χ1n) is 9.69. The highest BCUT2D eigenvalue weighted by molar-refractivity contribution is 5.68. The Bertz CT molecular complexity index is 656. The molecule has 1 aliphatic carbocycles. The summed E-state index contributed by atoms with van der Waals surface area (Å²) in [6.07, 6.45) is 4.46. The molecule has 2 fully saturated rings. The average molecular weight is 342 g/mol. The highest BCUT2D eigenvalue weighted by Gasteiger charge is 2.47. The van der Waals surface area contributed by atoms with Gasteiger partial charge in [0, 0.05) is 19.1 Å². The molecule has 136 valence electrons. The van der Waals surface area contributed by atoms with Crippen molar-refractivity contribution >= 4 is 6.09 Å². The number of rotatable bonds is 0. The lowest BCUT2D eigenvalue weighted by Crippen LogP contribution is -2.49. The zero-order valence-electron chi connectivity index (χ0n) is 15.7. The van der Waals surface area contributed by atoms with Crippen LogP contribution in [0.2, 0.25) is 0 Å². The molecule has 3 aliphatic rings. The number of nitrogens with zero attached hydrogens (tertiary/aromatic N) is 1. The lowest BCUT2D eigenvalue weighted by Gasteiger charge is -2.48. The maximum atomic E-state index is 12.4. The number of likely N-dealkylation sites (tertiary alicyclic amines) is 1. The van der Waals surface area contributed by atoms with Crippen LogP contribution in [0.3, 0.4) is 0 Å². The van der Waals surface area contributed by atoms with Crippen molar-refractivity contribution < 1.29 is 9.53 Å². The molecule has 0 saturated carbocycles. The Hall–Kier alpha value is -1.55. The first kappa shape index (κ1) is 16.9. The van der Waals surface area contributed by atoms with E-state index in [4.69, 9.17) is 4.74 Å². The molecule has 0 radical (unpaired) electrons. The molecule has 2 unspecified atom stereocenters. The topological polar surface area (TPSA) is 41.6 Å². The summed E-state index contributed by atoms with van der Waals surface area (Å²) in [5.74, 6) is 0.739. The molecular formula is C21H30N2O2. The molecule has 1 amide bonds. The molecule has 0 aromatic heterocycles. The third-order valence-corrected chi connectivity index (χ3v) is 6.24. The van der Waals surface area contributed by atoms with E-state index in [2.05, 4.69) is 29.6 Å². The number of fused-ring (bicyclic) bond motifs is 4. The van der Waals surface area contributed by atoms with Gasteiger partial charge in [-0.2, -0.15) is 0 Å². The molecule has 25 heavy (non-hydrogen) atoms. The van der Waals surface area contributed by atoms with Crippen LogP contribution in [0.5, 0.6) is 0 Å². The fraction of sp³-hybridized carbons (Fsp3) is 0.667. The molecular weight excluding hydrogens is 312 g/mol. The van der Waals surface area contributed by atoms with Gasteiger partial charge in [-0.1, -0.05) is 24.3 Å². The van der Waals surface area contributed by atoms with Gasteiger partial charge in [-0.15, -0.1) is 0 Å². The number of hydrogen-bond donors (Lipinski definition) is 1. The van der Waals surface area contributed by atoms with Gasteiger partial charge < -0.3 is 15.0 Å². The van der Waals surface area contributed by atoms with Gasteiger partial charge in [0.15, 0.2) is 0 Å². The van der Waals surface area contributed by atoms with Gasteiger partial charge in [-0.25, -0.2) is 4.79 Å². The Morgan fingerprint density at radius 1 is 1.24 bits per heavy atom. The number of hydrogen-bond acceptors (Lipinski definition) is 3. The highest BCUT2D eigenvalue weighted by atomic mass is 16.6. The lowest BCUT2D eigenvalue weighted by atomic mass is 9.60. The highest BCUT2D eigenvalue weighted by Crippen LogP contribution is 2.52. The van der Waals surface area contributed by atoms with Gasteiger partial charge >= 0.3 is 6.09 Å². The third kappa shape index (κ3) is 3.05. The van der Waals surface area contributed by atoms with Crippen molar-refractivity contribution in [2.75, 3.05) is 19.6 Å². The Labute approximate surface area is 150 Å². The summed E-state index contributed by atoms with van der Waals surface area (Å²) in [5.41, 5.74) is 2.84. The number of carbonyl (C=O) groups is 1. The van der Waals surface area contributed by atoms with Crippen LogP contribution in [0, 0.1) is 5.92 Å². The fourth-order valence-electron chi connectivity index (χ4n) is 5.12. The van der Waals surface area contributed by atoms with Crippen molar-refractivity contribution in [1.29, 1.82) is 0 Å². The minimum atomic E-state index is -0.424. The van der Waals surface area contributed by atoms with Gasteiger partial charge in [-0.3, -0.25) is 0 Å². The largest absolute Gasteiger partial charge is 0.444 e. The normalized spacial score (nSPS) is 27.7. The summed E-state index contributed by atoms with van der Waals surface area (Å²) >= 11 is 0. The van der Waals surface area contributed by atoms with Crippen LogP contribution < -0.4 is 5.32 Å². The van der Waals surface area contributed by atoms with E-state index < -0.39 is 5.60 Å². The predicted octanol–water partition coefficient (Wildman–Crippen LogP) is 4.01. The number of benzene rings is 1. The minimum Gasteiger partial charge on any atom is -0.444 e. The average Bonchev–Trinajstić information content (AvgIpc) is 3.02. The maximum absolute atomic E-state index is 12.4. The van der Waals surface area contributed by atoms with Crippen LogP contribution in [-0.4, -0.2) is 36.2 Å². The van der Waals surface area contributed by atoms with Gasteiger partial charge in [0.05, 0.1) is 0 Å². The summed E-state index contributed by atoms with van der Waals surface area (Å²) in [5, 5.41) is 3.70. The molecule has 2 atom stereocenters. The minimum absolute atomic E-state index is 0.160. The van der Waals surface area contributed by atoms with E-state index >= 15 is 0 Å². The number of amides is 1. The van der Waals surface area contributed by atoms with Crippen LogP contribution in [0.15, 0.2) is 24.3 Å². The molecule has 2 saturated heterocycles. The Kier molecular flexibility index (Phi) is 4.06. The van der Waals surface area contributed by atoms with Crippen LogP contribution >= 0.6 is 0 Å². The first-order valence-corrected chi connectivity index (χ1v) is 9.69. The van der Waals surface area contributed by atoms with E-state index in [9.17, 15) is 4.79 Å². The number of carbonyl (C=O) groups excluding carboxylic acids is 1. The van der Waals surface area contributed by atoms with Gasteiger partial charge in [0.2, 0.25) is 0 Å². The van der Waals surface area contributed by atoms with E-state index in [-0.39, 0.29) is 11.5 Å². The monoisotopic (exact) mass is 342 g/mol. The van der Waals surface area contributed by atoms with E-state index in [1.807, 2.05) is 25.7 Å². The molecule has 4 heteroatoms. The standard InChI is InChI=1S/C21H30N2O2/c1-20(2,3)25-19(24)23-12-9-21(10-13-23)14-15-8-11-22-18(15)16-6-4-5-7-17(16)21/h4-7,15,18,22H,8-14H2,1-3H3. The molecule has 2 aliphatic heterocycles. The van der Waals surface area contributed by atoms with E-state index in [1.165, 1.54) is 24.0 Å². The molecule has 4 rings (SSSR count). The van der Waals surface area contributed by atoms with Crippen LogP contribution in [0.4, 0.5) is 4.79 Å². The van der Waals surface area contributed by atoms with Crippen molar-refractivity contribution in [3.63, 3.8) is 0 Å². The molecule has 4 nitrogen and oxygen atoms in total. The summed E-state index contributed by atoms with van der Waals surface area (Å²) in [6.45, 7) is 8.52. The van der Waals surface area contributed by atoms with Crippen molar-refractivity contribution in [3.05, 3.63) is 35.4 Å². The SMILES string of the molecule is CC(C)(C)OC(=O)N1CCC2(CC1)CC1CCNC1c1ccccc12. The molecule has 1 aromatic carbocycles. The smallest absolute Gasteiger partial charge is 0.410 e. The van der Waals surface area contributed by atoms with E-state index in [1.54, 1.807) is 0 Å². The molecule has 0 bridgehead atoms. The van der Waals surface area contributed by atoms with E-state index in [0.717, 1.165) is 38.4 Å². The predicted molar refractivity (Wildman–Crippen MR) is 98.6 cm³/mol. The van der Waals surface area contributed by atoms with Crippen molar-refractivity contribution in [2.24, 2.45) is 5.92 Å². The summed E-state index contributed by atoms with van der Waals surface area (Å²) in [4.78, 5) is 14.3. The van der Waals surface area contributed by atoms with Gasteiger partial charge in [-0.05, 0) is 75.5 Å². The molecule has 1 spiro atoms. The Morgan fingerprint density at radius 3 is 2.68 bits per heavy atom. The van der Waals surface area contributed by atoms with Crippen molar-refractivity contribution in [1.82, 2.24) is 10.2 Å². The second kappa shape index (κ2) is 6.01. The maximum Gasteiger partial charge on any atom is 0.410 e. The Balaban J connectivity index is 1.54. The number of ether oxygens (including phenoxy) is 1. The van der Waals surface area contributed by atoms with Crippen LogP contribution in [0.1, 0.15) is 63.6 Å². The first-order chi connectivity index (χ1) is 11.9. The lowest BCUT2D eigenvalue weighted by molar-refractivity contribution is 0.0141. The summed E-state index contributed by atoms with van der Waals surface area (Å²) in [7, 11) is 0. The fourth-order valence-corrected chi connectivity index (χ4v) is 5.12. The van der Waals surface area contributed by atoms with Crippen molar-refractivity contribution in [2.45, 2.75) is 63.5 Å². The van der Waals surface area contributed by atoms with Gasteiger partial charge in [0.25, 0.3) is 0 Å². The second-order valence-corrected chi connectivity index (χ2v) is 9.02. The molecule has 1 aromatic rings. The summed E-state index contributed by atoms with van der Waals surface area (Å²) < 4.78 is 5.57. The molecule has 1 N–H and O–H groups in total. The van der Waals surface area contributed by atoms with Gasteiger partial charge in [0.1, 0.15) is 5.60 Å². The third-order valence-electron chi connectivity index (χ3n) is 6.24. The zero-order valence-corrected chi connectivity index (χ0v) is 15.7. The quantitative estimate of drug-likeness (QED) is 0.774. The van der Waals surface area contributed by atoms with E-state index in [0.29, 0.717) is 6.04 Å². The number of piperidine rings is 1. The number of nitrogens with one attached hydrogen (secondary N) is 1. The van der Waals surface area contributed by atoms with Crippen molar-refractivity contribution in [3.8, 4) is 0 Å². The second-order valence-electron chi connectivity index (χ2n) is 9.02. The van der Waals surface area contributed by atoms with Crippen LogP contribution in [-0.2, 0) is 10.2 Å².